The molecule has 2 saturated heterocycles. The third-order valence-electron chi connectivity index (χ3n) is 4.07. The molecule has 2 aliphatic heterocycles. The van der Waals surface area contributed by atoms with E-state index in [-0.39, 0.29) is 11.6 Å². The van der Waals surface area contributed by atoms with Gasteiger partial charge < -0.3 is 10.1 Å². The highest BCUT2D eigenvalue weighted by Gasteiger charge is 2.41. The van der Waals surface area contributed by atoms with E-state index in [4.69, 9.17) is 4.74 Å². The Morgan fingerprint density at radius 1 is 1.30 bits per heavy atom. The van der Waals surface area contributed by atoms with Gasteiger partial charge in [0.2, 0.25) is 10.0 Å². The molecule has 0 unspecified atom stereocenters. The lowest BCUT2D eigenvalue weighted by atomic mass is 9.90. The summed E-state index contributed by atoms with van der Waals surface area (Å²) in [6, 6.07) is 8.48. The summed E-state index contributed by atoms with van der Waals surface area (Å²) in [5.41, 5.74) is -0.178. The predicted molar refractivity (Wildman–Crippen MR) is 76.0 cm³/mol. The van der Waals surface area contributed by atoms with Crippen LogP contribution in [0.15, 0.2) is 35.2 Å². The maximum atomic E-state index is 12.3. The Morgan fingerprint density at radius 3 is 2.80 bits per heavy atom. The number of rotatable bonds is 3. The Morgan fingerprint density at radius 2 is 2.10 bits per heavy atom. The normalized spacial score (nSPS) is 30.7. The van der Waals surface area contributed by atoms with Gasteiger partial charge in [0.15, 0.2) is 0 Å². The molecule has 0 aromatic heterocycles. The van der Waals surface area contributed by atoms with Gasteiger partial charge in [-0.15, -0.1) is 0 Å². The molecule has 0 radical (unpaired) electrons. The van der Waals surface area contributed by atoms with Gasteiger partial charge >= 0.3 is 0 Å². The molecule has 2 fully saturated rings. The highest BCUT2D eigenvalue weighted by molar-refractivity contribution is 7.89. The molecular formula is C14H20N2O3S. The summed E-state index contributed by atoms with van der Waals surface area (Å²) in [7, 11) is -3.43. The van der Waals surface area contributed by atoms with Crippen LogP contribution in [0.4, 0.5) is 0 Å². The van der Waals surface area contributed by atoms with Gasteiger partial charge in [-0.05, 0) is 37.9 Å². The summed E-state index contributed by atoms with van der Waals surface area (Å²) in [5.74, 6) is 0. The lowest BCUT2D eigenvalue weighted by Gasteiger charge is -2.37. The molecule has 1 spiro atoms. The van der Waals surface area contributed by atoms with Crippen LogP contribution in [0.1, 0.15) is 19.3 Å². The fraction of sp³-hybridized carbons (Fsp3) is 0.571. The van der Waals surface area contributed by atoms with Crippen molar-refractivity contribution >= 4 is 10.0 Å². The topological polar surface area (TPSA) is 67.4 Å². The second kappa shape index (κ2) is 5.44. The molecule has 20 heavy (non-hydrogen) atoms. The van der Waals surface area contributed by atoms with Crippen molar-refractivity contribution in [2.45, 2.75) is 35.8 Å². The summed E-state index contributed by atoms with van der Waals surface area (Å²) in [6.07, 6.45) is 2.43. The average molecular weight is 296 g/mol. The van der Waals surface area contributed by atoms with Gasteiger partial charge in [0, 0.05) is 19.2 Å². The molecule has 0 bridgehead atoms. The third-order valence-corrected chi connectivity index (χ3v) is 5.61. The molecule has 3 rings (SSSR count). The van der Waals surface area contributed by atoms with Crippen molar-refractivity contribution in [1.82, 2.24) is 10.0 Å². The maximum Gasteiger partial charge on any atom is 0.240 e. The van der Waals surface area contributed by atoms with Gasteiger partial charge in [0.05, 0.1) is 10.5 Å². The third kappa shape index (κ3) is 2.88. The molecule has 0 saturated carbocycles. The quantitative estimate of drug-likeness (QED) is 0.869. The zero-order chi connectivity index (χ0) is 14.1. The zero-order valence-corrected chi connectivity index (χ0v) is 12.2. The second-order valence-electron chi connectivity index (χ2n) is 5.58. The molecule has 0 amide bonds. The molecular weight excluding hydrogens is 276 g/mol. The number of ether oxygens (including phenoxy) is 1. The largest absolute Gasteiger partial charge is 0.373 e. The summed E-state index contributed by atoms with van der Waals surface area (Å²) < 4.78 is 33.4. The number of nitrogens with one attached hydrogen (secondary N) is 2. The minimum atomic E-state index is -3.43. The fourth-order valence-electron chi connectivity index (χ4n) is 3.03. The molecule has 110 valence electrons. The monoisotopic (exact) mass is 296 g/mol. The van der Waals surface area contributed by atoms with Crippen LogP contribution in [0, 0.1) is 0 Å². The molecule has 2 atom stereocenters. The van der Waals surface area contributed by atoms with Crippen LogP contribution in [0.3, 0.4) is 0 Å². The van der Waals surface area contributed by atoms with Gasteiger partial charge in [-0.1, -0.05) is 18.2 Å². The summed E-state index contributed by atoms with van der Waals surface area (Å²) in [5, 5.41) is 3.30. The van der Waals surface area contributed by atoms with Crippen molar-refractivity contribution < 1.29 is 13.2 Å². The van der Waals surface area contributed by atoms with Gasteiger partial charge in [-0.25, -0.2) is 13.1 Å². The van der Waals surface area contributed by atoms with Gasteiger partial charge in [0.25, 0.3) is 0 Å². The molecule has 2 heterocycles. The van der Waals surface area contributed by atoms with E-state index in [0.29, 0.717) is 11.5 Å². The van der Waals surface area contributed by atoms with Crippen molar-refractivity contribution in [1.29, 1.82) is 0 Å². The van der Waals surface area contributed by atoms with E-state index < -0.39 is 10.0 Å². The summed E-state index contributed by atoms with van der Waals surface area (Å²) in [4.78, 5) is 0.324. The van der Waals surface area contributed by atoms with Gasteiger partial charge in [0.1, 0.15) is 0 Å². The molecule has 1 aromatic rings. The fourth-order valence-corrected chi connectivity index (χ4v) is 4.33. The smallest absolute Gasteiger partial charge is 0.240 e. The zero-order valence-electron chi connectivity index (χ0n) is 11.3. The van der Waals surface area contributed by atoms with Crippen LogP contribution in [0.5, 0.6) is 0 Å². The molecule has 2 N–H and O–H groups in total. The molecule has 0 aliphatic carbocycles. The van der Waals surface area contributed by atoms with E-state index in [9.17, 15) is 8.42 Å². The SMILES string of the molecule is O=S(=O)(N[C@H]1CCO[C@@]2(CCNC2)C1)c1ccccc1. The van der Waals surface area contributed by atoms with Crippen LogP contribution >= 0.6 is 0 Å². The Hall–Kier alpha value is -0.950. The minimum Gasteiger partial charge on any atom is -0.373 e. The molecule has 1 aromatic carbocycles. The van der Waals surface area contributed by atoms with E-state index in [1.165, 1.54) is 0 Å². The van der Waals surface area contributed by atoms with Crippen molar-refractivity contribution in [3.05, 3.63) is 30.3 Å². The highest BCUT2D eigenvalue weighted by atomic mass is 32.2. The minimum absolute atomic E-state index is 0.0474. The maximum absolute atomic E-state index is 12.3. The molecule has 5 nitrogen and oxygen atoms in total. The van der Waals surface area contributed by atoms with Crippen molar-refractivity contribution in [3.63, 3.8) is 0 Å². The van der Waals surface area contributed by atoms with Crippen LogP contribution in [-0.2, 0) is 14.8 Å². The van der Waals surface area contributed by atoms with E-state index >= 15 is 0 Å². The van der Waals surface area contributed by atoms with E-state index in [1.807, 2.05) is 6.07 Å². The Balaban J connectivity index is 1.71. The lowest BCUT2D eigenvalue weighted by Crippen LogP contribution is -2.49. The second-order valence-corrected chi connectivity index (χ2v) is 7.30. The van der Waals surface area contributed by atoms with Crippen LogP contribution in [0.25, 0.3) is 0 Å². The predicted octanol–water partition coefficient (Wildman–Crippen LogP) is 0.876. The van der Waals surface area contributed by atoms with E-state index in [2.05, 4.69) is 10.0 Å². The van der Waals surface area contributed by atoms with Crippen LogP contribution in [-0.4, -0.2) is 39.8 Å². The van der Waals surface area contributed by atoms with E-state index in [1.54, 1.807) is 24.3 Å². The first-order valence-corrected chi connectivity index (χ1v) is 8.50. The van der Waals surface area contributed by atoms with Gasteiger partial charge in [-0.3, -0.25) is 0 Å². The van der Waals surface area contributed by atoms with Crippen molar-refractivity contribution in [2.24, 2.45) is 0 Å². The summed E-state index contributed by atoms with van der Waals surface area (Å²) >= 11 is 0. The number of sulfonamides is 1. The van der Waals surface area contributed by atoms with Crippen molar-refractivity contribution in [2.75, 3.05) is 19.7 Å². The lowest BCUT2D eigenvalue weighted by molar-refractivity contribution is -0.0717. The molecule has 6 heteroatoms. The number of hydrogen-bond donors (Lipinski definition) is 2. The molecule has 2 aliphatic rings. The van der Waals surface area contributed by atoms with Crippen LogP contribution < -0.4 is 10.0 Å². The highest BCUT2D eigenvalue weighted by Crippen LogP contribution is 2.31. The van der Waals surface area contributed by atoms with E-state index in [0.717, 1.165) is 32.4 Å². The Kier molecular flexibility index (Phi) is 3.81. The van der Waals surface area contributed by atoms with Crippen molar-refractivity contribution in [3.8, 4) is 0 Å². The first-order chi connectivity index (χ1) is 9.60. The number of benzene rings is 1. The van der Waals surface area contributed by atoms with Gasteiger partial charge in [-0.2, -0.15) is 0 Å². The number of hydrogen-bond acceptors (Lipinski definition) is 4. The average Bonchev–Trinajstić information content (AvgIpc) is 2.87. The standard InChI is InChI=1S/C14H20N2O3S/c17-20(18,13-4-2-1-3-5-13)16-12-6-9-19-14(10-12)7-8-15-11-14/h1-5,12,15-16H,6-11H2/t12-,14-/m0/s1. The van der Waals surface area contributed by atoms with Crippen LogP contribution in [0.2, 0.25) is 0 Å². The summed E-state index contributed by atoms with van der Waals surface area (Å²) in [6.45, 7) is 2.37. The first-order valence-electron chi connectivity index (χ1n) is 7.02. The first kappa shape index (κ1) is 14.0. The Bertz CT molecular complexity index is 553. The Labute approximate surface area is 119 Å².